The van der Waals surface area contributed by atoms with Crippen LogP contribution in [-0.4, -0.2) is 18.8 Å². The normalized spacial score (nSPS) is 36.8. The van der Waals surface area contributed by atoms with Gasteiger partial charge in [-0.3, -0.25) is 4.99 Å². The molecule has 4 unspecified atom stereocenters. The molecule has 0 amide bonds. The summed E-state index contributed by atoms with van der Waals surface area (Å²) in [5, 5.41) is 3.59. The lowest BCUT2D eigenvalue weighted by Gasteiger charge is -2.41. The predicted octanol–water partition coefficient (Wildman–Crippen LogP) is 3.46. The summed E-state index contributed by atoms with van der Waals surface area (Å²) in [5.74, 6) is 3.46. The minimum Gasteiger partial charge on any atom is -0.316 e. The van der Waals surface area contributed by atoms with Gasteiger partial charge in [-0.25, -0.2) is 0 Å². The number of halogens is 2. The molecule has 104 valence electrons. The van der Waals surface area contributed by atoms with E-state index in [2.05, 4.69) is 23.3 Å². The lowest BCUT2D eigenvalue weighted by molar-refractivity contribution is 0.195. The van der Waals surface area contributed by atoms with E-state index in [0.717, 1.165) is 23.7 Å². The van der Waals surface area contributed by atoms with Crippen LogP contribution in [0.25, 0.3) is 0 Å². The van der Waals surface area contributed by atoms with E-state index in [0.29, 0.717) is 0 Å². The standard InChI is InChI=1S/C14H22N2.2ClH/c1-2-4-11-12-5-3-6-16-14(12)7-10-8-15-9-13(10)11;;/h3,6,10-13,15H,2,4-5,7-9H2,1H3;2*1H. The van der Waals surface area contributed by atoms with Crippen molar-refractivity contribution in [3.05, 3.63) is 12.3 Å². The quantitative estimate of drug-likeness (QED) is 0.828. The fourth-order valence-corrected chi connectivity index (χ4v) is 4.01. The first-order valence-corrected chi connectivity index (χ1v) is 6.82. The Morgan fingerprint density at radius 2 is 2.17 bits per heavy atom. The zero-order valence-electron chi connectivity index (χ0n) is 11.0. The Morgan fingerprint density at radius 1 is 1.33 bits per heavy atom. The van der Waals surface area contributed by atoms with Gasteiger partial charge >= 0.3 is 0 Å². The van der Waals surface area contributed by atoms with Crippen molar-refractivity contribution in [2.24, 2.45) is 28.7 Å². The molecule has 0 bridgehead atoms. The van der Waals surface area contributed by atoms with Crippen molar-refractivity contribution in [3.63, 3.8) is 0 Å². The largest absolute Gasteiger partial charge is 0.316 e. The zero-order chi connectivity index (χ0) is 11.0. The number of allylic oxidation sites excluding steroid dienone is 1. The minimum absolute atomic E-state index is 0. The summed E-state index contributed by atoms with van der Waals surface area (Å²) in [6, 6.07) is 0. The predicted molar refractivity (Wildman–Crippen MR) is 82.0 cm³/mol. The molecule has 0 aromatic heterocycles. The van der Waals surface area contributed by atoms with Crippen molar-refractivity contribution in [3.8, 4) is 0 Å². The third kappa shape index (κ3) is 2.76. The molecule has 2 fully saturated rings. The van der Waals surface area contributed by atoms with Crippen LogP contribution in [0.4, 0.5) is 0 Å². The van der Waals surface area contributed by atoms with Crippen LogP contribution in [0.15, 0.2) is 17.3 Å². The van der Waals surface area contributed by atoms with Crippen molar-refractivity contribution in [1.82, 2.24) is 5.32 Å². The molecule has 2 aliphatic heterocycles. The Bertz CT molecular complexity index is 328. The van der Waals surface area contributed by atoms with Crippen LogP contribution in [0.1, 0.15) is 32.6 Å². The van der Waals surface area contributed by atoms with Gasteiger partial charge in [-0.05, 0) is 50.1 Å². The number of nitrogens with zero attached hydrogens (tertiary/aromatic N) is 1. The molecule has 4 heteroatoms. The third-order valence-electron chi connectivity index (χ3n) is 4.72. The Kier molecular flexibility index (Phi) is 6.16. The molecule has 1 aliphatic carbocycles. The molecule has 1 saturated heterocycles. The molecule has 1 saturated carbocycles. The monoisotopic (exact) mass is 290 g/mol. The summed E-state index contributed by atoms with van der Waals surface area (Å²) in [7, 11) is 0. The van der Waals surface area contributed by atoms with Gasteiger partial charge in [0.1, 0.15) is 0 Å². The molecule has 1 N–H and O–H groups in total. The van der Waals surface area contributed by atoms with Crippen molar-refractivity contribution in [2.45, 2.75) is 32.6 Å². The van der Waals surface area contributed by atoms with E-state index in [9.17, 15) is 0 Å². The molecule has 3 rings (SSSR count). The minimum atomic E-state index is 0. The third-order valence-corrected chi connectivity index (χ3v) is 4.72. The van der Waals surface area contributed by atoms with Crippen LogP contribution in [0, 0.1) is 23.7 Å². The van der Waals surface area contributed by atoms with Crippen molar-refractivity contribution >= 4 is 30.5 Å². The van der Waals surface area contributed by atoms with Crippen molar-refractivity contribution in [1.29, 1.82) is 0 Å². The van der Waals surface area contributed by atoms with E-state index < -0.39 is 0 Å². The average molecular weight is 291 g/mol. The Labute approximate surface area is 123 Å². The lowest BCUT2D eigenvalue weighted by Crippen LogP contribution is -2.40. The van der Waals surface area contributed by atoms with Crippen LogP contribution < -0.4 is 5.32 Å². The molecule has 0 spiro atoms. The average Bonchev–Trinajstić information content (AvgIpc) is 2.77. The second-order valence-electron chi connectivity index (χ2n) is 5.59. The zero-order valence-corrected chi connectivity index (χ0v) is 12.6. The van der Waals surface area contributed by atoms with Gasteiger partial charge in [0.2, 0.25) is 0 Å². The number of fused-ring (bicyclic) bond motifs is 2. The smallest absolute Gasteiger partial charge is 0.0227 e. The first kappa shape index (κ1) is 16.0. The Hall–Kier alpha value is -0.0500. The van der Waals surface area contributed by atoms with Crippen LogP contribution in [0.3, 0.4) is 0 Å². The van der Waals surface area contributed by atoms with Crippen LogP contribution >= 0.6 is 24.8 Å². The highest BCUT2D eigenvalue weighted by Crippen LogP contribution is 2.44. The van der Waals surface area contributed by atoms with E-state index in [1.807, 2.05) is 6.20 Å². The van der Waals surface area contributed by atoms with Gasteiger partial charge in [0.05, 0.1) is 0 Å². The fraction of sp³-hybridized carbons (Fsp3) is 0.786. The highest BCUT2D eigenvalue weighted by Gasteiger charge is 2.43. The van der Waals surface area contributed by atoms with Crippen LogP contribution in [0.5, 0.6) is 0 Å². The second-order valence-corrected chi connectivity index (χ2v) is 5.59. The van der Waals surface area contributed by atoms with E-state index in [1.54, 1.807) is 0 Å². The van der Waals surface area contributed by atoms with Gasteiger partial charge in [-0.2, -0.15) is 0 Å². The van der Waals surface area contributed by atoms with Crippen LogP contribution in [-0.2, 0) is 0 Å². The van der Waals surface area contributed by atoms with Gasteiger partial charge in [0, 0.05) is 17.8 Å². The van der Waals surface area contributed by atoms with E-state index >= 15 is 0 Å². The Morgan fingerprint density at radius 3 is 2.94 bits per heavy atom. The fourth-order valence-electron chi connectivity index (χ4n) is 4.01. The molecule has 0 aromatic rings. The maximum atomic E-state index is 4.65. The van der Waals surface area contributed by atoms with E-state index in [-0.39, 0.29) is 24.8 Å². The van der Waals surface area contributed by atoms with Gasteiger partial charge < -0.3 is 5.32 Å². The first-order valence-electron chi connectivity index (χ1n) is 6.82. The Balaban J connectivity index is 0.000000810. The topological polar surface area (TPSA) is 24.4 Å². The summed E-state index contributed by atoms with van der Waals surface area (Å²) in [6.45, 7) is 4.80. The summed E-state index contributed by atoms with van der Waals surface area (Å²) < 4.78 is 0. The van der Waals surface area contributed by atoms with E-state index in [1.165, 1.54) is 44.5 Å². The van der Waals surface area contributed by atoms with Crippen LogP contribution in [0.2, 0.25) is 0 Å². The maximum absolute atomic E-state index is 4.65. The molecule has 0 radical (unpaired) electrons. The molecule has 18 heavy (non-hydrogen) atoms. The van der Waals surface area contributed by atoms with E-state index in [4.69, 9.17) is 0 Å². The number of hydrogen-bond donors (Lipinski definition) is 1. The summed E-state index contributed by atoms with van der Waals surface area (Å²) in [6.07, 6.45) is 9.50. The van der Waals surface area contributed by atoms with Gasteiger partial charge in [0.15, 0.2) is 0 Å². The highest BCUT2D eigenvalue weighted by atomic mass is 35.5. The lowest BCUT2D eigenvalue weighted by atomic mass is 9.64. The number of rotatable bonds is 2. The molecular weight excluding hydrogens is 267 g/mol. The number of hydrogen-bond acceptors (Lipinski definition) is 2. The van der Waals surface area contributed by atoms with Crippen molar-refractivity contribution < 1.29 is 0 Å². The van der Waals surface area contributed by atoms with Gasteiger partial charge in [-0.1, -0.05) is 19.4 Å². The number of nitrogens with one attached hydrogen (secondary N) is 1. The molecule has 0 aromatic carbocycles. The number of aliphatic imine (C=N–C) groups is 1. The highest BCUT2D eigenvalue weighted by molar-refractivity contribution is 5.89. The summed E-state index contributed by atoms with van der Waals surface area (Å²) >= 11 is 0. The second kappa shape index (κ2) is 6.93. The summed E-state index contributed by atoms with van der Waals surface area (Å²) in [4.78, 5) is 4.65. The molecular formula is C14H24Cl2N2. The van der Waals surface area contributed by atoms with Gasteiger partial charge in [0.25, 0.3) is 0 Å². The van der Waals surface area contributed by atoms with Crippen molar-refractivity contribution in [2.75, 3.05) is 13.1 Å². The first-order chi connectivity index (χ1) is 7.90. The summed E-state index contributed by atoms with van der Waals surface area (Å²) in [5.41, 5.74) is 1.51. The van der Waals surface area contributed by atoms with Gasteiger partial charge in [-0.15, -0.1) is 24.8 Å². The molecule has 2 heterocycles. The SMILES string of the molecule is CCCC1C2CC=CN=C2CC2CNCC21.Cl.Cl. The molecule has 2 nitrogen and oxygen atoms in total. The molecule has 4 atom stereocenters. The molecule has 3 aliphatic rings. The maximum Gasteiger partial charge on any atom is 0.0227 e.